The maximum atomic E-state index is 13.4. The predicted molar refractivity (Wildman–Crippen MR) is 76.7 cm³/mol. The molecule has 8 heteroatoms. The zero-order valence-electron chi connectivity index (χ0n) is 11.8. The molecule has 0 radical (unpaired) electrons. The minimum atomic E-state index is -1.68. The summed E-state index contributed by atoms with van der Waals surface area (Å²) in [5.41, 5.74) is 0.0795. The van der Waals surface area contributed by atoms with E-state index in [1.807, 2.05) is 0 Å². The van der Waals surface area contributed by atoms with E-state index in [2.05, 4.69) is 15.4 Å². The van der Waals surface area contributed by atoms with Gasteiger partial charge in [0.15, 0.2) is 17.5 Å². The van der Waals surface area contributed by atoms with E-state index < -0.39 is 35.1 Å². The molecule has 0 saturated carbocycles. The maximum absolute atomic E-state index is 13.4. The van der Waals surface area contributed by atoms with Crippen molar-refractivity contribution in [1.82, 2.24) is 0 Å². The van der Waals surface area contributed by atoms with Crippen molar-refractivity contribution in [2.24, 2.45) is 0 Å². The monoisotopic (exact) mass is 324 g/mol. The number of hydrogen-bond acceptors (Lipinski definition) is 3. The zero-order chi connectivity index (χ0) is 17.0. The van der Waals surface area contributed by atoms with Crippen LogP contribution in [0.2, 0.25) is 0 Å². The summed E-state index contributed by atoms with van der Waals surface area (Å²) in [6, 6.07) is 6.41. The Morgan fingerprint density at radius 1 is 0.913 bits per heavy atom. The number of rotatable bonds is 3. The van der Waals surface area contributed by atoms with Crippen molar-refractivity contribution < 1.29 is 27.5 Å². The fraction of sp³-hybridized carbons (Fsp3) is 0.0667. The molecule has 2 N–H and O–H groups in total. The second-order valence-corrected chi connectivity index (χ2v) is 4.37. The smallest absolute Gasteiger partial charge is 0.337 e. The molecular formula is C15H11F3N2O3. The highest BCUT2D eigenvalue weighted by atomic mass is 19.2. The molecule has 2 amide bonds. The fourth-order valence-electron chi connectivity index (χ4n) is 1.71. The first-order valence-electron chi connectivity index (χ1n) is 6.32. The van der Waals surface area contributed by atoms with Crippen molar-refractivity contribution in [3.63, 3.8) is 0 Å². The van der Waals surface area contributed by atoms with Gasteiger partial charge in [-0.05, 0) is 36.4 Å². The first kappa shape index (κ1) is 16.3. The molecule has 5 nitrogen and oxygen atoms in total. The average molecular weight is 324 g/mol. The molecule has 0 aromatic heterocycles. The molecule has 23 heavy (non-hydrogen) atoms. The van der Waals surface area contributed by atoms with Crippen molar-refractivity contribution in [3.05, 3.63) is 59.4 Å². The van der Waals surface area contributed by atoms with Crippen LogP contribution in [0.25, 0.3) is 0 Å². The first-order chi connectivity index (χ1) is 10.9. The van der Waals surface area contributed by atoms with E-state index in [9.17, 15) is 22.8 Å². The summed E-state index contributed by atoms with van der Waals surface area (Å²) in [7, 11) is 1.23. The van der Waals surface area contributed by atoms with E-state index in [1.165, 1.54) is 31.4 Å². The highest BCUT2D eigenvalue weighted by molar-refractivity contribution is 6.00. The minimum Gasteiger partial charge on any atom is -0.465 e. The Morgan fingerprint density at radius 3 is 2.17 bits per heavy atom. The van der Waals surface area contributed by atoms with Crippen LogP contribution in [0.1, 0.15) is 10.4 Å². The molecular weight excluding hydrogens is 313 g/mol. The molecule has 2 rings (SSSR count). The Labute approximate surface area is 129 Å². The highest BCUT2D eigenvalue weighted by Gasteiger charge is 2.15. The third-order valence-corrected chi connectivity index (χ3v) is 2.85. The lowest BCUT2D eigenvalue weighted by Gasteiger charge is -2.09. The molecule has 0 saturated heterocycles. The van der Waals surface area contributed by atoms with Gasteiger partial charge in [0.2, 0.25) is 0 Å². The molecule has 0 heterocycles. The standard InChI is InChI=1S/C15H11F3N2O3/c1-23-14(21)8-2-4-9(5-3-8)19-15(22)20-11-7-6-10(16)12(17)13(11)18/h2-7H,1H3,(H2,19,20,22). The van der Waals surface area contributed by atoms with E-state index in [0.29, 0.717) is 11.8 Å². The number of urea groups is 1. The van der Waals surface area contributed by atoms with Crippen molar-refractivity contribution in [2.45, 2.75) is 0 Å². The molecule has 0 bridgehead atoms. The van der Waals surface area contributed by atoms with E-state index in [0.717, 1.165) is 6.07 Å². The van der Waals surface area contributed by atoms with Crippen molar-refractivity contribution >= 4 is 23.4 Å². The zero-order valence-corrected chi connectivity index (χ0v) is 11.8. The summed E-state index contributed by atoms with van der Waals surface area (Å²) in [5.74, 6) is -5.07. The summed E-state index contributed by atoms with van der Waals surface area (Å²) >= 11 is 0. The van der Waals surface area contributed by atoms with Crippen LogP contribution in [-0.2, 0) is 4.74 Å². The topological polar surface area (TPSA) is 67.4 Å². The van der Waals surface area contributed by atoms with Gasteiger partial charge in [-0.15, -0.1) is 0 Å². The number of methoxy groups -OCH3 is 1. The molecule has 0 fully saturated rings. The number of carbonyl (C=O) groups excluding carboxylic acids is 2. The number of benzene rings is 2. The van der Waals surface area contributed by atoms with Gasteiger partial charge in [0.1, 0.15) is 0 Å². The van der Waals surface area contributed by atoms with Gasteiger partial charge in [0, 0.05) is 5.69 Å². The number of ether oxygens (including phenoxy) is 1. The largest absolute Gasteiger partial charge is 0.465 e. The lowest BCUT2D eigenvalue weighted by Crippen LogP contribution is -2.20. The highest BCUT2D eigenvalue weighted by Crippen LogP contribution is 2.20. The first-order valence-corrected chi connectivity index (χ1v) is 6.32. The van der Waals surface area contributed by atoms with Gasteiger partial charge in [0.25, 0.3) is 0 Å². The summed E-state index contributed by atoms with van der Waals surface area (Å²) in [5, 5.41) is 4.40. The van der Waals surface area contributed by atoms with Crippen molar-refractivity contribution in [1.29, 1.82) is 0 Å². The quantitative estimate of drug-likeness (QED) is 0.670. The number of esters is 1. The van der Waals surface area contributed by atoms with Gasteiger partial charge < -0.3 is 15.4 Å². The second kappa shape index (κ2) is 6.82. The van der Waals surface area contributed by atoms with Crippen LogP contribution in [-0.4, -0.2) is 19.1 Å². The third kappa shape index (κ3) is 3.79. The summed E-state index contributed by atoms with van der Waals surface area (Å²) in [6.07, 6.45) is 0. The SMILES string of the molecule is COC(=O)c1ccc(NC(=O)Nc2ccc(F)c(F)c2F)cc1. The van der Waals surface area contributed by atoms with Crippen LogP contribution in [0.3, 0.4) is 0 Å². The molecule has 0 atom stereocenters. The molecule has 2 aromatic rings. The summed E-state index contributed by atoms with van der Waals surface area (Å²) in [6.45, 7) is 0. The average Bonchev–Trinajstić information content (AvgIpc) is 2.55. The number of nitrogens with one attached hydrogen (secondary N) is 2. The van der Waals surface area contributed by atoms with Gasteiger partial charge in [-0.1, -0.05) is 0 Å². The predicted octanol–water partition coefficient (Wildman–Crippen LogP) is 3.53. The van der Waals surface area contributed by atoms with Gasteiger partial charge in [-0.25, -0.2) is 22.8 Å². The molecule has 0 aliphatic carbocycles. The Bertz CT molecular complexity index is 748. The molecule has 2 aromatic carbocycles. The fourth-order valence-corrected chi connectivity index (χ4v) is 1.71. The van der Waals surface area contributed by atoms with E-state index in [4.69, 9.17) is 0 Å². The number of amides is 2. The number of carbonyl (C=O) groups is 2. The van der Waals surface area contributed by atoms with Crippen LogP contribution in [0.15, 0.2) is 36.4 Å². The van der Waals surface area contributed by atoms with Gasteiger partial charge in [0.05, 0.1) is 18.4 Å². The number of halogens is 3. The summed E-state index contributed by atoms with van der Waals surface area (Å²) < 4.78 is 43.8. The van der Waals surface area contributed by atoms with Gasteiger partial charge in [-0.3, -0.25) is 0 Å². The van der Waals surface area contributed by atoms with Gasteiger partial charge >= 0.3 is 12.0 Å². The van der Waals surface area contributed by atoms with Crippen molar-refractivity contribution in [3.8, 4) is 0 Å². The van der Waals surface area contributed by atoms with E-state index in [-0.39, 0.29) is 5.56 Å². The third-order valence-electron chi connectivity index (χ3n) is 2.85. The van der Waals surface area contributed by atoms with E-state index >= 15 is 0 Å². The molecule has 0 unspecified atom stereocenters. The Hall–Kier alpha value is -3.03. The Balaban J connectivity index is 2.05. The lowest BCUT2D eigenvalue weighted by molar-refractivity contribution is 0.0600. The molecule has 0 aliphatic rings. The van der Waals surface area contributed by atoms with Crippen LogP contribution in [0.5, 0.6) is 0 Å². The molecule has 0 spiro atoms. The van der Waals surface area contributed by atoms with Crippen LogP contribution in [0.4, 0.5) is 29.3 Å². The van der Waals surface area contributed by atoms with Crippen molar-refractivity contribution in [2.75, 3.05) is 17.7 Å². The minimum absolute atomic E-state index is 0.283. The summed E-state index contributed by atoms with van der Waals surface area (Å²) in [4.78, 5) is 23.0. The number of hydrogen-bond donors (Lipinski definition) is 2. The number of anilines is 2. The maximum Gasteiger partial charge on any atom is 0.337 e. The van der Waals surface area contributed by atoms with Crippen LogP contribution in [0, 0.1) is 17.5 Å². The lowest BCUT2D eigenvalue weighted by atomic mass is 10.2. The molecule has 0 aliphatic heterocycles. The second-order valence-electron chi connectivity index (χ2n) is 4.37. The Morgan fingerprint density at radius 2 is 1.57 bits per heavy atom. The van der Waals surface area contributed by atoms with Crippen LogP contribution < -0.4 is 10.6 Å². The van der Waals surface area contributed by atoms with Crippen LogP contribution >= 0.6 is 0 Å². The Kier molecular flexibility index (Phi) is 4.85. The normalized spacial score (nSPS) is 10.1. The molecule has 120 valence electrons. The van der Waals surface area contributed by atoms with E-state index in [1.54, 1.807) is 0 Å². The van der Waals surface area contributed by atoms with Gasteiger partial charge in [-0.2, -0.15) is 0 Å².